The Morgan fingerprint density at radius 2 is 2.12 bits per heavy atom. The molecular weight excluding hydrogens is 213 g/mol. The summed E-state index contributed by atoms with van der Waals surface area (Å²) in [6, 6.07) is 3.66. The molecule has 0 aliphatic heterocycles. The third-order valence-electron chi connectivity index (χ3n) is 1.79. The highest BCUT2D eigenvalue weighted by atomic mass is 19.1. The SMILES string of the molecule is CC(=O)NCC(=O)Nc1cc(F)ccc1N. The first-order valence-corrected chi connectivity index (χ1v) is 4.58. The highest BCUT2D eigenvalue weighted by Crippen LogP contribution is 2.18. The number of amides is 2. The van der Waals surface area contributed by atoms with E-state index in [1.54, 1.807) is 0 Å². The fourth-order valence-corrected chi connectivity index (χ4v) is 1.04. The molecule has 0 aliphatic carbocycles. The van der Waals surface area contributed by atoms with E-state index in [0.717, 1.165) is 6.07 Å². The zero-order chi connectivity index (χ0) is 12.1. The van der Waals surface area contributed by atoms with Crippen molar-refractivity contribution in [2.45, 2.75) is 6.92 Å². The van der Waals surface area contributed by atoms with E-state index in [2.05, 4.69) is 10.6 Å². The van der Waals surface area contributed by atoms with Gasteiger partial charge in [0.25, 0.3) is 0 Å². The Bertz CT molecular complexity index is 421. The summed E-state index contributed by atoms with van der Waals surface area (Å²) in [7, 11) is 0. The lowest BCUT2D eigenvalue weighted by molar-refractivity contribution is -0.122. The molecule has 0 spiro atoms. The topological polar surface area (TPSA) is 84.2 Å². The molecule has 16 heavy (non-hydrogen) atoms. The molecule has 6 heteroatoms. The molecule has 0 saturated carbocycles. The molecule has 2 amide bonds. The van der Waals surface area contributed by atoms with Crippen molar-refractivity contribution in [2.75, 3.05) is 17.6 Å². The number of benzene rings is 1. The molecule has 0 heterocycles. The van der Waals surface area contributed by atoms with E-state index in [9.17, 15) is 14.0 Å². The summed E-state index contributed by atoms with van der Waals surface area (Å²) in [5.41, 5.74) is 5.98. The number of nitrogens with one attached hydrogen (secondary N) is 2. The van der Waals surface area contributed by atoms with Gasteiger partial charge in [0.15, 0.2) is 0 Å². The minimum Gasteiger partial charge on any atom is -0.397 e. The fraction of sp³-hybridized carbons (Fsp3) is 0.200. The van der Waals surface area contributed by atoms with E-state index in [1.165, 1.54) is 19.1 Å². The van der Waals surface area contributed by atoms with Gasteiger partial charge in [-0.05, 0) is 18.2 Å². The maximum absolute atomic E-state index is 12.8. The van der Waals surface area contributed by atoms with Gasteiger partial charge in [0, 0.05) is 6.92 Å². The smallest absolute Gasteiger partial charge is 0.243 e. The molecule has 0 saturated heterocycles. The first-order chi connectivity index (χ1) is 7.49. The molecule has 0 atom stereocenters. The second-order valence-electron chi connectivity index (χ2n) is 3.19. The molecule has 1 rings (SSSR count). The minimum atomic E-state index is -0.496. The normalized spacial score (nSPS) is 9.62. The quantitative estimate of drug-likeness (QED) is 0.654. The number of rotatable bonds is 3. The van der Waals surface area contributed by atoms with Crippen LogP contribution in [0.15, 0.2) is 18.2 Å². The zero-order valence-corrected chi connectivity index (χ0v) is 8.71. The predicted octanol–water partition coefficient (Wildman–Crippen LogP) is 0.483. The molecule has 86 valence electrons. The van der Waals surface area contributed by atoms with E-state index in [1.807, 2.05) is 0 Å². The average Bonchev–Trinajstić information content (AvgIpc) is 2.20. The molecule has 0 aliphatic rings. The van der Waals surface area contributed by atoms with Crippen molar-refractivity contribution in [2.24, 2.45) is 0 Å². The van der Waals surface area contributed by atoms with E-state index in [4.69, 9.17) is 5.73 Å². The lowest BCUT2D eigenvalue weighted by Gasteiger charge is -2.08. The monoisotopic (exact) mass is 225 g/mol. The van der Waals surface area contributed by atoms with Crippen LogP contribution in [0.5, 0.6) is 0 Å². The number of carbonyl (C=O) groups is 2. The highest BCUT2D eigenvalue weighted by Gasteiger charge is 2.06. The van der Waals surface area contributed by atoms with Crippen molar-refractivity contribution in [1.29, 1.82) is 0 Å². The van der Waals surface area contributed by atoms with E-state index >= 15 is 0 Å². The van der Waals surface area contributed by atoms with Gasteiger partial charge in [-0.2, -0.15) is 0 Å². The van der Waals surface area contributed by atoms with Gasteiger partial charge in [-0.3, -0.25) is 9.59 Å². The van der Waals surface area contributed by atoms with Gasteiger partial charge in [-0.1, -0.05) is 0 Å². The molecule has 0 aromatic heterocycles. The standard InChI is InChI=1S/C10H12FN3O2/c1-6(15)13-5-10(16)14-9-4-7(11)2-3-8(9)12/h2-4H,5,12H2,1H3,(H,13,15)(H,14,16). The summed E-state index contributed by atoms with van der Waals surface area (Å²) in [5, 5.41) is 4.70. The third kappa shape index (κ3) is 3.56. The van der Waals surface area contributed by atoms with Crippen LogP contribution in [0.2, 0.25) is 0 Å². The number of halogens is 1. The van der Waals surface area contributed by atoms with Gasteiger partial charge in [0.1, 0.15) is 5.82 Å². The molecule has 0 bridgehead atoms. The Morgan fingerprint density at radius 1 is 1.44 bits per heavy atom. The highest BCUT2D eigenvalue weighted by molar-refractivity contribution is 5.96. The number of nitrogen functional groups attached to an aromatic ring is 1. The van der Waals surface area contributed by atoms with E-state index in [-0.39, 0.29) is 23.8 Å². The van der Waals surface area contributed by atoms with E-state index in [0.29, 0.717) is 0 Å². The van der Waals surface area contributed by atoms with Gasteiger partial charge in [0.05, 0.1) is 17.9 Å². The Labute approximate surface area is 91.8 Å². The minimum absolute atomic E-state index is 0.175. The lowest BCUT2D eigenvalue weighted by atomic mass is 10.2. The average molecular weight is 225 g/mol. The molecule has 0 unspecified atom stereocenters. The van der Waals surface area contributed by atoms with Crippen LogP contribution in [-0.2, 0) is 9.59 Å². The molecule has 5 nitrogen and oxygen atoms in total. The second-order valence-corrected chi connectivity index (χ2v) is 3.19. The van der Waals surface area contributed by atoms with Crippen molar-refractivity contribution in [3.05, 3.63) is 24.0 Å². The summed E-state index contributed by atoms with van der Waals surface area (Å²) in [4.78, 5) is 21.8. The zero-order valence-electron chi connectivity index (χ0n) is 8.71. The van der Waals surface area contributed by atoms with Crippen molar-refractivity contribution in [1.82, 2.24) is 5.32 Å². The van der Waals surface area contributed by atoms with Crippen LogP contribution < -0.4 is 16.4 Å². The molecule has 1 aromatic carbocycles. The third-order valence-corrected chi connectivity index (χ3v) is 1.79. The molecule has 0 radical (unpaired) electrons. The van der Waals surface area contributed by atoms with Crippen LogP contribution in [0.25, 0.3) is 0 Å². The Kier molecular flexibility index (Phi) is 3.82. The summed E-state index contributed by atoms with van der Waals surface area (Å²) in [5.74, 6) is -1.28. The maximum atomic E-state index is 12.8. The molecule has 4 N–H and O–H groups in total. The van der Waals surface area contributed by atoms with Crippen LogP contribution >= 0.6 is 0 Å². The molecule has 1 aromatic rings. The van der Waals surface area contributed by atoms with Crippen molar-refractivity contribution in [3.8, 4) is 0 Å². The number of hydrogen-bond acceptors (Lipinski definition) is 3. The predicted molar refractivity (Wildman–Crippen MR) is 58.1 cm³/mol. The summed E-state index contributed by atoms with van der Waals surface area (Å²) in [6.45, 7) is 1.12. The van der Waals surface area contributed by atoms with Gasteiger partial charge >= 0.3 is 0 Å². The Hall–Kier alpha value is -2.11. The summed E-state index contributed by atoms with van der Waals surface area (Å²) in [6.07, 6.45) is 0. The van der Waals surface area contributed by atoms with Gasteiger partial charge < -0.3 is 16.4 Å². The first kappa shape index (κ1) is 12.0. The summed E-state index contributed by atoms with van der Waals surface area (Å²) >= 11 is 0. The van der Waals surface area contributed by atoms with Gasteiger partial charge in [-0.25, -0.2) is 4.39 Å². The summed E-state index contributed by atoms with van der Waals surface area (Å²) < 4.78 is 12.8. The van der Waals surface area contributed by atoms with E-state index < -0.39 is 11.7 Å². The molecular formula is C10H12FN3O2. The van der Waals surface area contributed by atoms with Crippen LogP contribution in [-0.4, -0.2) is 18.4 Å². The Balaban J connectivity index is 2.62. The first-order valence-electron chi connectivity index (χ1n) is 4.58. The molecule has 0 fully saturated rings. The van der Waals surface area contributed by atoms with Crippen LogP contribution in [0.3, 0.4) is 0 Å². The van der Waals surface area contributed by atoms with Crippen LogP contribution in [0.4, 0.5) is 15.8 Å². The largest absolute Gasteiger partial charge is 0.397 e. The number of anilines is 2. The van der Waals surface area contributed by atoms with Crippen molar-refractivity contribution in [3.63, 3.8) is 0 Å². The Morgan fingerprint density at radius 3 is 2.75 bits per heavy atom. The number of nitrogens with two attached hydrogens (primary N) is 1. The fourth-order valence-electron chi connectivity index (χ4n) is 1.04. The van der Waals surface area contributed by atoms with Crippen LogP contribution in [0.1, 0.15) is 6.92 Å². The number of carbonyl (C=O) groups excluding carboxylic acids is 2. The maximum Gasteiger partial charge on any atom is 0.243 e. The van der Waals surface area contributed by atoms with Gasteiger partial charge in [0.2, 0.25) is 11.8 Å². The number of hydrogen-bond donors (Lipinski definition) is 3. The van der Waals surface area contributed by atoms with Crippen molar-refractivity contribution >= 4 is 23.2 Å². The van der Waals surface area contributed by atoms with Crippen LogP contribution in [0, 0.1) is 5.82 Å². The second kappa shape index (κ2) is 5.11. The van der Waals surface area contributed by atoms with Crippen molar-refractivity contribution < 1.29 is 14.0 Å². The van der Waals surface area contributed by atoms with Gasteiger partial charge in [-0.15, -0.1) is 0 Å². The lowest BCUT2D eigenvalue weighted by Crippen LogP contribution is -2.31.